The molecule has 102 valence electrons. The third-order valence-electron chi connectivity index (χ3n) is 3.78. The molecule has 0 saturated carbocycles. The highest BCUT2D eigenvalue weighted by molar-refractivity contribution is 7.99. The van der Waals surface area contributed by atoms with Crippen molar-refractivity contribution in [3.05, 3.63) is 23.8 Å². The smallest absolute Gasteiger partial charge is 0.166 e. The predicted octanol–water partition coefficient (Wildman–Crippen LogP) is 3.35. The lowest BCUT2D eigenvalue weighted by Crippen LogP contribution is -2.29. The van der Waals surface area contributed by atoms with E-state index in [4.69, 9.17) is 0 Å². The van der Waals surface area contributed by atoms with Crippen LogP contribution in [0.5, 0.6) is 0 Å². The van der Waals surface area contributed by atoms with E-state index in [1.54, 1.807) is 0 Å². The highest BCUT2D eigenvalue weighted by atomic mass is 32.2. The zero-order chi connectivity index (χ0) is 13.1. The molecular formula is C15H21N3S. The fourth-order valence-electron chi connectivity index (χ4n) is 2.66. The third-order valence-corrected chi connectivity index (χ3v) is 4.69. The maximum Gasteiger partial charge on any atom is 0.166 e. The molecule has 1 saturated heterocycles. The summed E-state index contributed by atoms with van der Waals surface area (Å²) in [5.41, 5.74) is 3.51. The van der Waals surface area contributed by atoms with Gasteiger partial charge in [-0.1, -0.05) is 17.8 Å². The van der Waals surface area contributed by atoms with Crippen LogP contribution in [0.25, 0.3) is 11.0 Å². The summed E-state index contributed by atoms with van der Waals surface area (Å²) in [7, 11) is 0. The fraction of sp³-hybridized carbons (Fsp3) is 0.533. The lowest BCUT2D eigenvalue weighted by molar-refractivity contribution is 0.371. The lowest BCUT2D eigenvalue weighted by Gasteiger charge is -2.22. The van der Waals surface area contributed by atoms with Crippen molar-refractivity contribution in [2.45, 2.75) is 31.3 Å². The number of aryl methyl sites for hydroxylation is 1. The highest BCUT2D eigenvalue weighted by Gasteiger charge is 2.13. The summed E-state index contributed by atoms with van der Waals surface area (Å²) in [5, 5.41) is 4.54. The number of thioether (sulfide) groups is 1. The summed E-state index contributed by atoms with van der Waals surface area (Å²) in [4.78, 5) is 8.04. The molecule has 0 bridgehead atoms. The van der Waals surface area contributed by atoms with Crippen molar-refractivity contribution in [3.63, 3.8) is 0 Å². The Kier molecular flexibility index (Phi) is 4.09. The molecule has 1 atom stereocenters. The largest absolute Gasteiger partial charge is 0.333 e. The van der Waals surface area contributed by atoms with Gasteiger partial charge >= 0.3 is 0 Å². The second kappa shape index (κ2) is 5.97. The van der Waals surface area contributed by atoms with Crippen LogP contribution in [0.3, 0.4) is 0 Å². The van der Waals surface area contributed by atoms with Gasteiger partial charge in [-0.05, 0) is 62.9 Å². The third kappa shape index (κ3) is 3.31. The zero-order valence-electron chi connectivity index (χ0n) is 11.4. The number of hydrogen-bond acceptors (Lipinski definition) is 3. The zero-order valence-corrected chi connectivity index (χ0v) is 12.2. The van der Waals surface area contributed by atoms with Crippen molar-refractivity contribution in [1.29, 1.82) is 0 Å². The van der Waals surface area contributed by atoms with E-state index in [9.17, 15) is 0 Å². The van der Waals surface area contributed by atoms with Crippen molar-refractivity contribution in [1.82, 2.24) is 15.3 Å². The maximum absolute atomic E-state index is 4.63. The molecular weight excluding hydrogens is 254 g/mol. The summed E-state index contributed by atoms with van der Waals surface area (Å²) in [6, 6.07) is 6.37. The predicted molar refractivity (Wildman–Crippen MR) is 81.8 cm³/mol. The first kappa shape index (κ1) is 13.0. The van der Waals surface area contributed by atoms with Crippen LogP contribution in [-0.2, 0) is 0 Å². The minimum absolute atomic E-state index is 0.855. The van der Waals surface area contributed by atoms with Crippen molar-refractivity contribution in [2.24, 2.45) is 5.92 Å². The number of aromatic nitrogens is 2. The Hall–Kier alpha value is -1.00. The molecule has 2 heterocycles. The van der Waals surface area contributed by atoms with Crippen molar-refractivity contribution >= 4 is 22.8 Å². The Bertz CT molecular complexity index is 543. The molecule has 4 heteroatoms. The minimum Gasteiger partial charge on any atom is -0.333 e. The Morgan fingerprint density at radius 3 is 3.21 bits per heavy atom. The van der Waals surface area contributed by atoms with E-state index in [2.05, 4.69) is 40.4 Å². The molecule has 0 amide bonds. The summed E-state index contributed by atoms with van der Waals surface area (Å²) < 4.78 is 0. The van der Waals surface area contributed by atoms with E-state index in [1.807, 2.05) is 11.8 Å². The molecule has 3 rings (SSSR count). The number of H-pyrrole nitrogens is 1. The summed E-state index contributed by atoms with van der Waals surface area (Å²) in [6.07, 6.45) is 4.00. The first-order chi connectivity index (χ1) is 9.31. The summed E-state index contributed by atoms with van der Waals surface area (Å²) in [5.74, 6) is 2.01. The quantitative estimate of drug-likeness (QED) is 0.841. The number of nitrogens with zero attached hydrogens (tertiary/aromatic N) is 1. The SMILES string of the molecule is Cc1ccc2nc(SCCC3CCCNC3)[nH]c2c1. The first-order valence-electron chi connectivity index (χ1n) is 7.11. The maximum atomic E-state index is 4.63. The number of fused-ring (bicyclic) bond motifs is 1. The van der Waals surface area contributed by atoms with E-state index in [1.165, 1.54) is 37.9 Å². The molecule has 1 aromatic heterocycles. The van der Waals surface area contributed by atoms with Crippen LogP contribution in [0.1, 0.15) is 24.8 Å². The second-order valence-electron chi connectivity index (χ2n) is 5.41. The normalized spacial score (nSPS) is 19.9. The summed E-state index contributed by atoms with van der Waals surface area (Å²) in [6.45, 7) is 4.51. The molecule has 2 aromatic rings. The lowest BCUT2D eigenvalue weighted by atomic mass is 9.97. The molecule has 1 unspecified atom stereocenters. The molecule has 0 radical (unpaired) electrons. The Labute approximate surface area is 118 Å². The molecule has 1 aliphatic heterocycles. The van der Waals surface area contributed by atoms with E-state index in [0.29, 0.717) is 0 Å². The van der Waals surface area contributed by atoms with Crippen LogP contribution in [0, 0.1) is 12.8 Å². The number of piperidine rings is 1. The standard InChI is InChI=1S/C15H21N3S/c1-11-4-5-13-14(9-11)18-15(17-13)19-8-6-12-3-2-7-16-10-12/h4-5,9,12,16H,2-3,6-8,10H2,1H3,(H,17,18). The number of aromatic amines is 1. The van der Waals surface area contributed by atoms with Gasteiger partial charge in [0.1, 0.15) is 0 Å². The van der Waals surface area contributed by atoms with Gasteiger partial charge in [0.05, 0.1) is 11.0 Å². The van der Waals surface area contributed by atoms with E-state index in [0.717, 1.165) is 27.9 Å². The molecule has 3 nitrogen and oxygen atoms in total. The van der Waals surface area contributed by atoms with Gasteiger partial charge in [0.2, 0.25) is 0 Å². The van der Waals surface area contributed by atoms with Crippen LogP contribution in [0.15, 0.2) is 23.4 Å². The number of imidazole rings is 1. The fourth-order valence-corrected chi connectivity index (χ4v) is 3.65. The van der Waals surface area contributed by atoms with Gasteiger partial charge < -0.3 is 10.3 Å². The first-order valence-corrected chi connectivity index (χ1v) is 8.10. The molecule has 19 heavy (non-hydrogen) atoms. The monoisotopic (exact) mass is 275 g/mol. The Morgan fingerprint density at radius 2 is 2.37 bits per heavy atom. The van der Waals surface area contributed by atoms with E-state index >= 15 is 0 Å². The topological polar surface area (TPSA) is 40.7 Å². The molecule has 1 fully saturated rings. The van der Waals surface area contributed by atoms with Gasteiger partial charge in [-0.3, -0.25) is 0 Å². The van der Waals surface area contributed by atoms with Gasteiger partial charge in [-0.15, -0.1) is 0 Å². The van der Waals surface area contributed by atoms with Crippen molar-refractivity contribution in [2.75, 3.05) is 18.8 Å². The summed E-state index contributed by atoms with van der Waals surface area (Å²) >= 11 is 1.85. The number of hydrogen-bond donors (Lipinski definition) is 2. The van der Waals surface area contributed by atoms with Crippen molar-refractivity contribution < 1.29 is 0 Å². The number of benzene rings is 1. The second-order valence-corrected chi connectivity index (χ2v) is 6.50. The minimum atomic E-state index is 0.855. The molecule has 0 aliphatic carbocycles. The van der Waals surface area contributed by atoms with Gasteiger partial charge in [0.15, 0.2) is 5.16 Å². The van der Waals surface area contributed by atoms with Gasteiger partial charge in [-0.2, -0.15) is 0 Å². The van der Waals surface area contributed by atoms with Gasteiger partial charge in [0, 0.05) is 5.75 Å². The number of rotatable bonds is 4. The average Bonchev–Trinajstić information content (AvgIpc) is 2.82. The van der Waals surface area contributed by atoms with E-state index < -0.39 is 0 Å². The molecule has 1 aromatic carbocycles. The van der Waals surface area contributed by atoms with Crippen molar-refractivity contribution in [3.8, 4) is 0 Å². The number of nitrogens with one attached hydrogen (secondary N) is 2. The molecule has 1 aliphatic rings. The highest BCUT2D eigenvalue weighted by Crippen LogP contribution is 2.23. The van der Waals surface area contributed by atoms with Crippen LogP contribution in [-0.4, -0.2) is 28.8 Å². The van der Waals surface area contributed by atoms with E-state index in [-0.39, 0.29) is 0 Å². The van der Waals surface area contributed by atoms with Crippen LogP contribution < -0.4 is 5.32 Å². The Morgan fingerprint density at radius 1 is 1.42 bits per heavy atom. The molecule has 2 N–H and O–H groups in total. The van der Waals surface area contributed by atoms with Gasteiger partial charge in [-0.25, -0.2) is 4.98 Å². The Balaban J connectivity index is 1.56. The van der Waals surface area contributed by atoms with Crippen LogP contribution in [0.2, 0.25) is 0 Å². The molecule has 0 spiro atoms. The van der Waals surface area contributed by atoms with Crippen LogP contribution >= 0.6 is 11.8 Å². The van der Waals surface area contributed by atoms with Crippen LogP contribution in [0.4, 0.5) is 0 Å². The van der Waals surface area contributed by atoms with Gasteiger partial charge in [0.25, 0.3) is 0 Å². The average molecular weight is 275 g/mol.